The molecule has 0 fully saturated rings. The van der Waals surface area contributed by atoms with Crippen LogP contribution in [-0.4, -0.2) is 30.2 Å². The highest BCUT2D eigenvalue weighted by molar-refractivity contribution is 5.87. The minimum Gasteiger partial charge on any atom is -0.478 e. The molecule has 0 atom stereocenters. The maximum atomic E-state index is 11.0. The largest absolute Gasteiger partial charge is 0.478 e. The molecule has 0 heterocycles. The Labute approximate surface area is 106 Å². The van der Waals surface area contributed by atoms with Gasteiger partial charge >= 0.3 is 11.9 Å². The van der Waals surface area contributed by atoms with Crippen LogP contribution in [0, 0.1) is 0 Å². The van der Waals surface area contributed by atoms with Gasteiger partial charge in [0, 0.05) is 13.1 Å². The molecular weight excluding hydrogens is 234 g/mol. The number of aromatic carboxylic acids is 1. The number of carboxylic acid groups (broad SMARTS) is 1. The topological polar surface area (TPSA) is 75.6 Å². The van der Waals surface area contributed by atoms with Gasteiger partial charge in [-0.2, -0.15) is 0 Å². The number of carboxylic acids is 1. The third-order valence-corrected chi connectivity index (χ3v) is 2.34. The zero-order valence-electron chi connectivity index (χ0n) is 10.3. The van der Waals surface area contributed by atoms with Gasteiger partial charge in [0.25, 0.3) is 0 Å². The highest BCUT2D eigenvalue weighted by Gasteiger charge is 2.02. The summed E-state index contributed by atoms with van der Waals surface area (Å²) >= 11 is 0. The Morgan fingerprint density at radius 3 is 2.50 bits per heavy atom. The van der Waals surface area contributed by atoms with Crippen LogP contribution in [-0.2, 0) is 16.1 Å². The summed E-state index contributed by atoms with van der Waals surface area (Å²) in [7, 11) is 0. The molecule has 0 saturated carbocycles. The number of esters is 1. The van der Waals surface area contributed by atoms with Crippen molar-refractivity contribution < 1.29 is 19.4 Å². The van der Waals surface area contributed by atoms with Crippen LogP contribution in [0.4, 0.5) is 0 Å². The number of carbonyl (C=O) groups is 2. The van der Waals surface area contributed by atoms with E-state index in [2.05, 4.69) is 5.32 Å². The summed E-state index contributed by atoms with van der Waals surface area (Å²) < 4.78 is 4.79. The molecule has 1 aromatic carbocycles. The number of hydrogen-bond donors (Lipinski definition) is 2. The Kier molecular flexibility index (Phi) is 5.87. The zero-order valence-corrected chi connectivity index (χ0v) is 10.3. The van der Waals surface area contributed by atoms with Gasteiger partial charge in [-0.05, 0) is 24.6 Å². The van der Waals surface area contributed by atoms with Crippen molar-refractivity contribution in [2.75, 3.05) is 13.2 Å². The average Bonchev–Trinajstić information content (AvgIpc) is 2.35. The van der Waals surface area contributed by atoms with E-state index in [1.54, 1.807) is 31.2 Å². The van der Waals surface area contributed by atoms with Crippen LogP contribution in [0.25, 0.3) is 0 Å². The first kappa shape index (κ1) is 14.2. The molecule has 1 rings (SSSR count). The minimum absolute atomic E-state index is 0.216. The Morgan fingerprint density at radius 2 is 1.94 bits per heavy atom. The molecule has 1 aromatic rings. The smallest absolute Gasteiger partial charge is 0.335 e. The summed E-state index contributed by atoms with van der Waals surface area (Å²) in [6.45, 7) is 3.31. The molecule has 0 aliphatic rings. The second-order valence-electron chi connectivity index (χ2n) is 3.73. The van der Waals surface area contributed by atoms with Gasteiger partial charge in [-0.1, -0.05) is 12.1 Å². The van der Waals surface area contributed by atoms with Gasteiger partial charge in [0.2, 0.25) is 0 Å². The number of carbonyl (C=O) groups excluding carboxylic acids is 1. The highest BCUT2D eigenvalue weighted by atomic mass is 16.5. The monoisotopic (exact) mass is 251 g/mol. The summed E-state index contributed by atoms with van der Waals surface area (Å²) in [6, 6.07) is 6.62. The molecular formula is C13H17NO4. The second kappa shape index (κ2) is 7.45. The molecule has 0 bridgehead atoms. The lowest BCUT2D eigenvalue weighted by atomic mass is 10.1. The standard InChI is InChI=1S/C13H17NO4/c1-2-18-12(15)7-8-14-9-10-3-5-11(6-4-10)13(16)17/h3-6,14H,2,7-9H2,1H3,(H,16,17). The van der Waals surface area contributed by atoms with Crippen molar-refractivity contribution in [2.45, 2.75) is 19.9 Å². The fourth-order valence-electron chi connectivity index (χ4n) is 1.42. The van der Waals surface area contributed by atoms with Crippen molar-refractivity contribution in [3.63, 3.8) is 0 Å². The van der Waals surface area contributed by atoms with Crippen LogP contribution in [0.15, 0.2) is 24.3 Å². The molecule has 98 valence electrons. The third kappa shape index (κ3) is 4.97. The van der Waals surface area contributed by atoms with Crippen LogP contribution in [0.3, 0.4) is 0 Å². The molecule has 0 spiro atoms. The van der Waals surface area contributed by atoms with E-state index in [0.717, 1.165) is 5.56 Å². The predicted molar refractivity (Wildman–Crippen MR) is 66.4 cm³/mol. The number of nitrogens with one attached hydrogen (secondary N) is 1. The molecule has 2 N–H and O–H groups in total. The summed E-state index contributed by atoms with van der Waals surface area (Å²) in [5.74, 6) is -1.15. The van der Waals surface area contributed by atoms with E-state index in [4.69, 9.17) is 9.84 Å². The van der Waals surface area contributed by atoms with Gasteiger partial charge in [0.05, 0.1) is 18.6 Å². The van der Waals surface area contributed by atoms with E-state index in [9.17, 15) is 9.59 Å². The van der Waals surface area contributed by atoms with Crippen molar-refractivity contribution in [2.24, 2.45) is 0 Å². The number of benzene rings is 1. The van der Waals surface area contributed by atoms with Gasteiger partial charge < -0.3 is 15.2 Å². The molecule has 0 aromatic heterocycles. The molecule has 0 radical (unpaired) electrons. The van der Waals surface area contributed by atoms with E-state index in [1.807, 2.05) is 0 Å². The molecule has 5 heteroatoms. The van der Waals surface area contributed by atoms with Crippen LogP contribution in [0.5, 0.6) is 0 Å². The van der Waals surface area contributed by atoms with Crippen molar-refractivity contribution in [1.29, 1.82) is 0 Å². The second-order valence-corrected chi connectivity index (χ2v) is 3.73. The maximum absolute atomic E-state index is 11.0. The average molecular weight is 251 g/mol. The fourth-order valence-corrected chi connectivity index (χ4v) is 1.42. The first-order valence-corrected chi connectivity index (χ1v) is 5.82. The SMILES string of the molecule is CCOC(=O)CCNCc1ccc(C(=O)O)cc1. The first-order chi connectivity index (χ1) is 8.63. The first-order valence-electron chi connectivity index (χ1n) is 5.82. The van der Waals surface area contributed by atoms with Crippen LogP contribution in [0.1, 0.15) is 29.3 Å². The molecule has 0 aliphatic carbocycles. The van der Waals surface area contributed by atoms with Crippen molar-refractivity contribution in [1.82, 2.24) is 5.32 Å². The van der Waals surface area contributed by atoms with Gasteiger partial charge in [-0.3, -0.25) is 4.79 Å². The number of hydrogen-bond acceptors (Lipinski definition) is 4. The Balaban J connectivity index is 2.27. The highest BCUT2D eigenvalue weighted by Crippen LogP contribution is 2.04. The molecule has 0 saturated heterocycles. The lowest BCUT2D eigenvalue weighted by molar-refractivity contribution is -0.142. The number of ether oxygens (including phenoxy) is 1. The van der Waals surface area contributed by atoms with E-state index < -0.39 is 5.97 Å². The third-order valence-electron chi connectivity index (χ3n) is 2.34. The minimum atomic E-state index is -0.933. The van der Waals surface area contributed by atoms with E-state index in [1.165, 1.54) is 0 Å². The fraction of sp³-hybridized carbons (Fsp3) is 0.385. The van der Waals surface area contributed by atoms with E-state index in [0.29, 0.717) is 26.1 Å². The molecule has 0 aliphatic heterocycles. The van der Waals surface area contributed by atoms with Gasteiger partial charge in [-0.15, -0.1) is 0 Å². The van der Waals surface area contributed by atoms with Gasteiger partial charge in [-0.25, -0.2) is 4.79 Å². The molecule has 0 amide bonds. The van der Waals surface area contributed by atoms with Crippen molar-refractivity contribution in [3.8, 4) is 0 Å². The lowest BCUT2D eigenvalue weighted by Crippen LogP contribution is -2.19. The molecule has 0 unspecified atom stereocenters. The Bertz CT molecular complexity index is 400. The lowest BCUT2D eigenvalue weighted by Gasteiger charge is -2.05. The Hall–Kier alpha value is -1.88. The van der Waals surface area contributed by atoms with Crippen LogP contribution >= 0.6 is 0 Å². The maximum Gasteiger partial charge on any atom is 0.335 e. The quantitative estimate of drug-likeness (QED) is 0.566. The number of rotatable bonds is 7. The summed E-state index contributed by atoms with van der Waals surface area (Å²) in [6.07, 6.45) is 0.334. The summed E-state index contributed by atoms with van der Waals surface area (Å²) in [5.41, 5.74) is 1.24. The van der Waals surface area contributed by atoms with Gasteiger partial charge in [0.1, 0.15) is 0 Å². The van der Waals surface area contributed by atoms with Gasteiger partial charge in [0.15, 0.2) is 0 Å². The van der Waals surface area contributed by atoms with Crippen molar-refractivity contribution >= 4 is 11.9 Å². The summed E-state index contributed by atoms with van der Waals surface area (Å²) in [5, 5.41) is 11.8. The summed E-state index contributed by atoms with van der Waals surface area (Å²) in [4.78, 5) is 21.7. The van der Waals surface area contributed by atoms with Crippen molar-refractivity contribution in [3.05, 3.63) is 35.4 Å². The normalized spacial score (nSPS) is 10.1. The van der Waals surface area contributed by atoms with Crippen LogP contribution in [0.2, 0.25) is 0 Å². The molecule has 18 heavy (non-hydrogen) atoms. The van der Waals surface area contributed by atoms with Crippen LogP contribution < -0.4 is 5.32 Å². The predicted octanol–water partition coefficient (Wildman–Crippen LogP) is 1.43. The molecule has 5 nitrogen and oxygen atoms in total. The zero-order chi connectivity index (χ0) is 13.4. The Morgan fingerprint density at radius 1 is 1.28 bits per heavy atom. The van der Waals surface area contributed by atoms with E-state index >= 15 is 0 Å². The van der Waals surface area contributed by atoms with E-state index in [-0.39, 0.29) is 11.5 Å².